The predicted molar refractivity (Wildman–Crippen MR) is 57.8 cm³/mol. The van der Waals surface area contributed by atoms with Crippen LogP contribution in [0.1, 0.15) is 24.3 Å². The summed E-state index contributed by atoms with van der Waals surface area (Å²) in [5.74, 6) is 0.378. The fourth-order valence-corrected chi connectivity index (χ4v) is 2.40. The van der Waals surface area contributed by atoms with Gasteiger partial charge in [-0.15, -0.1) is 10.2 Å². The Morgan fingerprint density at radius 3 is 3.19 bits per heavy atom. The average Bonchev–Trinajstić information content (AvgIpc) is 2.70. The van der Waals surface area contributed by atoms with Crippen molar-refractivity contribution in [3.63, 3.8) is 0 Å². The van der Waals surface area contributed by atoms with Crippen molar-refractivity contribution in [3.05, 3.63) is 11.3 Å². The van der Waals surface area contributed by atoms with E-state index in [4.69, 9.17) is 0 Å². The highest BCUT2D eigenvalue weighted by Crippen LogP contribution is 2.26. The monoisotopic (exact) mass is 237 g/mol. The minimum absolute atomic E-state index is 0.150. The number of amides is 1. The molecule has 0 radical (unpaired) electrons. The number of carbonyl (C=O) groups excluding carboxylic acids is 1. The summed E-state index contributed by atoms with van der Waals surface area (Å²) in [6.45, 7) is 0.489. The Bertz CT molecular complexity index is 486. The Balaban J connectivity index is 1.62. The van der Waals surface area contributed by atoms with Gasteiger partial charge in [-0.05, 0) is 12.8 Å². The maximum Gasteiger partial charge on any atom is 0.234 e. The summed E-state index contributed by atoms with van der Waals surface area (Å²) in [7, 11) is 0. The van der Waals surface area contributed by atoms with Crippen LogP contribution in [-0.4, -0.2) is 25.7 Å². The molecule has 0 atom stereocenters. The van der Waals surface area contributed by atoms with Crippen LogP contribution in [0.15, 0.2) is 6.33 Å². The molecule has 0 saturated heterocycles. The van der Waals surface area contributed by atoms with Crippen molar-refractivity contribution in [2.24, 2.45) is 5.92 Å². The molecule has 1 aliphatic rings. The van der Waals surface area contributed by atoms with Crippen molar-refractivity contribution in [1.29, 1.82) is 0 Å². The SMILES string of the molecule is O=C(NCc1nn2cnnc2s1)C1CCC1. The molecule has 0 spiro atoms. The molecule has 6 nitrogen and oxygen atoms in total. The molecule has 16 heavy (non-hydrogen) atoms. The molecule has 1 saturated carbocycles. The summed E-state index contributed by atoms with van der Waals surface area (Å²) in [6, 6.07) is 0. The second-order valence-electron chi connectivity index (χ2n) is 3.90. The molecule has 1 aliphatic carbocycles. The van der Waals surface area contributed by atoms with Gasteiger partial charge in [0.25, 0.3) is 0 Å². The van der Waals surface area contributed by atoms with Crippen molar-refractivity contribution in [2.75, 3.05) is 0 Å². The number of aromatic nitrogens is 4. The maximum absolute atomic E-state index is 11.6. The van der Waals surface area contributed by atoms with Crippen LogP contribution in [0.5, 0.6) is 0 Å². The van der Waals surface area contributed by atoms with Crippen LogP contribution < -0.4 is 5.32 Å². The number of hydrogen-bond acceptors (Lipinski definition) is 5. The first-order valence-electron chi connectivity index (χ1n) is 5.26. The van der Waals surface area contributed by atoms with Gasteiger partial charge in [0.1, 0.15) is 11.3 Å². The number of nitrogens with zero attached hydrogens (tertiary/aromatic N) is 4. The quantitative estimate of drug-likeness (QED) is 0.848. The Morgan fingerprint density at radius 2 is 2.50 bits per heavy atom. The summed E-state index contributed by atoms with van der Waals surface area (Å²) in [4.78, 5) is 12.3. The molecule has 2 heterocycles. The number of hydrogen-bond donors (Lipinski definition) is 1. The van der Waals surface area contributed by atoms with Crippen molar-refractivity contribution in [3.8, 4) is 0 Å². The largest absolute Gasteiger partial charge is 0.349 e. The zero-order chi connectivity index (χ0) is 11.0. The summed E-state index contributed by atoms with van der Waals surface area (Å²) < 4.78 is 1.62. The molecule has 0 bridgehead atoms. The van der Waals surface area contributed by atoms with Gasteiger partial charge < -0.3 is 5.32 Å². The Hall–Kier alpha value is -1.50. The van der Waals surface area contributed by atoms with Crippen molar-refractivity contribution in [1.82, 2.24) is 25.1 Å². The lowest BCUT2D eigenvalue weighted by molar-refractivity contribution is -0.127. The first kappa shape index (κ1) is 9.71. The Kier molecular flexibility index (Phi) is 2.32. The molecule has 7 heteroatoms. The normalized spacial score (nSPS) is 16.2. The van der Waals surface area contributed by atoms with Gasteiger partial charge in [0.15, 0.2) is 0 Å². The third kappa shape index (κ3) is 1.67. The third-order valence-corrected chi connectivity index (χ3v) is 3.73. The van der Waals surface area contributed by atoms with Gasteiger partial charge in [-0.2, -0.15) is 9.61 Å². The van der Waals surface area contributed by atoms with Crippen LogP contribution in [0.3, 0.4) is 0 Å². The van der Waals surface area contributed by atoms with Gasteiger partial charge in [0.05, 0.1) is 6.54 Å². The summed E-state index contributed by atoms with van der Waals surface area (Å²) in [5, 5.41) is 15.6. The van der Waals surface area contributed by atoms with Crippen LogP contribution in [0, 0.1) is 5.92 Å². The zero-order valence-corrected chi connectivity index (χ0v) is 9.40. The van der Waals surface area contributed by atoms with Gasteiger partial charge in [0.2, 0.25) is 10.9 Å². The van der Waals surface area contributed by atoms with E-state index in [-0.39, 0.29) is 11.8 Å². The molecule has 1 fully saturated rings. The highest BCUT2D eigenvalue weighted by Gasteiger charge is 2.24. The number of fused-ring (bicyclic) bond motifs is 1. The van der Waals surface area contributed by atoms with E-state index in [9.17, 15) is 4.79 Å². The first-order chi connectivity index (χ1) is 7.83. The van der Waals surface area contributed by atoms with Gasteiger partial charge in [0, 0.05) is 5.92 Å². The number of nitrogens with one attached hydrogen (secondary N) is 1. The molecule has 2 aromatic heterocycles. The van der Waals surface area contributed by atoms with Crippen LogP contribution >= 0.6 is 11.3 Å². The number of rotatable bonds is 3. The molecule has 1 N–H and O–H groups in total. The topological polar surface area (TPSA) is 72.2 Å². The molecule has 84 valence electrons. The molecule has 1 amide bonds. The highest BCUT2D eigenvalue weighted by atomic mass is 32.1. The fraction of sp³-hybridized carbons (Fsp3) is 0.556. The molecule has 0 aliphatic heterocycles. The second-order valence-corrected chi connectivity index (χ2v) is 4.94. The van der Waals surface area contributed by atoms with Gasteiger partial charge in [-0.1, -0.05) is 17.8 Å². The second kappa shape index (κ2) is 3.82. The van der Waals surface area contributed by atoms with E-state index in [1.165, 1.54) is 17.8 Å². The fourth-order valence-electron chi connectivity index (χ4n) is 1.65. The number of carbonyl (C=O) groups is 1. The standard InChI is InChI=1S/C9H11N5OS/c15-8(6-2-1-3-6)10-4-7-13-14-5-11-12-9(14)16-7/h5-6H,1-4H2,(H,10,15). The molecule has 0 unspecified atom stereocenters. The summed E-state index contributed by atoms with van der Waals surface area (Å²) >= 11 is 1.45. The van der Waals surface area contributed by atoms with Gasteiger partial charge >= 0.3 is 0 Å². The van der Waals surface area contributed by atoms with E-state index >= 15 is 0 Å². The molecular weight excluding hydrogens is 226 g/mol. The van der Waals surface area contributed by atoms with Crippen LogP contribution in [0.2, 0.25) is 0 Å². The van der Waals surface area contributed by atoms with Gasteiger partial charge in [-0.3, -0.25) is 4.79 Å². The lowest BCUT2D eigenvalue weighted by atomic mass is 9.85. The molecular formula is C9H11N5OS. The Labute approximate surface area is 95.7 Å². The van der Waals surface area contributed by atoms with E-state index in [0.29, 0.717) is 6.54 Å². The molecule has 2 aromatic rings. The summed E-state index contributed by atoms with van der Waals surface area (Å²) in [6.07, 6.45) is 4.78. The third-order valence-electron chi connectivity index (χ3n) is 2.82. The maximum atomic E-state index is 11.6. The smallest absolute Gasteiger partial charge is 0.234 e. The van der Waals surface area contributed by atoms with E-state index in [0.717, 1.165) is 22.8 Å². The Morgan fingerprint density at radius 1 is 1.62 bits per heavy atom. The molecule has 0 aromatic carbocycles. The minimum atomic E-state index is 0.150. The first-order valence-corrected chi connectivity index (χ1v) is 6.08. The highest BCUT2D eigenvalue weighted by molar-refractivity contribution is 7.16. The van der Waals surface area contributed by atoms with Crippen molar-refractivity contribution in [2.45, 2.75) is 25.8 Å². The lowest BCUT2D eigenvalue weighted by Crippen LogP contribution is -2.33. The van der Waals surface area contributed by atoms with E-state index in [1.807, 2.05) is 0 Å². The minimum Gasteiger partial charge on any atom is -0.349 e. The summed E-state index contributed by atoms with van der Waals surface area (Å²) in [5.41, 5.74) is 0. The predicted octanol–water partition coefficient (Wildman–Crippen LogP) is 0.602. The average molecular weight is 237 g/mol. The molecule has 3 rings (SSSR count). The lowest BCUT2D eigenvalue weighted by Gasteiger charge is -2.23. The van der Waals surface area contributed by atoms with Crippen LogP contribution in [-0.2, 0) is 11.3 Å². The van der Waals surface area contributed by atoms with Crippen LogP contribution in [0.4, 0.5) is 0 Å². The van der Waals surface area contributed by atoms with Gasteiger partial charge in [-0.25, -0.2) is 0 Å². The van der Waals surface area contributed by atoms with Crippen LogP contribution in [0.25, 0.3) is 4.96 Å². The van der Waals surface area contributed by atoms with E-state index < -0.39 is 0 Å². The van der Waals surface area contributed by atoms with Crippen molar-refractivity contribution >= 4 is 22.2 Å². The van der Waals surface area contributed by atoms with E-state index in [1.54, 1.807) is 10.8 Å². The van der Waals surface area contributed by atoms with E-state index in [2.05, 4.69) is 20.6 Å². The van der Waals surface area contributed by atoms with Crippen molar-refractivity contribution < 1.29 is 4.79 Å². The zero-order valence-electron chi connectivity index (χ0n) is 8.59.